The lowest BCUT2D eigenvalue weighted by molar-refractivity contribution is 0.0796. The summed E-state index contributed by atoms with van der Waals surface area (Å²) in [5, 5.41) is 3.12. The summed E-state index contributed by atoms with van der Waals surface area (Å²) >= 11 is 0. The lowest BCUT2D eigenvalue weighted by Crippen LogP contribution is -2.29. The molecule has 3 heterocycles. The van der Waals surface area contributed by atoms with Gasteiger partial charge < -0.3 is 10.2 Å². The van der Waals surface area contributed by atoms with Crippen molar-refractivity contribution in [2.75, 3.05) is 30.4 Å². The third-order valence-corrected chi connectivity index (χ3v) is 6.19. The third-order valence-electron chi connectivity index (χ3n) is 4.42. The molecule has 7 nitrogen and oxygen atoms in total. The zero-order valence-corrected chi connectivity index (χ0v) is 15.4. The minimum atomic E-state index is -2.96. The van der Waals surface area contributed by atoms with Gasteiger partial charge in [-0.3, -0.25) is 9.78 Å². The predicted molar refractivity (Wildman–Crippen MR) is 99.8 cm³/mol. The van der Waals surface area contributed by atoms with Crippen LogP contribution in [0.4, 0.5) is 5.82 Å². The Kier molecular flexibility index (Phi) is 5.51. The van der Waals surface area contributed by atoms with Crippen LogP contribution in [0.25, 0.3) is 0 Å². The van der Waals surface area contributed by atoms with Crippen molar-refractivity contribution in [2.24, 2.45) is 0 Å². The molecule has 1 fully saturated rings. The molecule has 138 valence electrons. The van der Waals surface area contributed by atoms with E-state index in [4.69, 9.17) is 0 Å². The molecule has 1 saturated heterocycles. The van der Waals surface area contributed by atoms with E-state index in [0.717, 1.165) is 12.0 Å². The summed E-state index contributed by atoms with van der Waals surface area (Å²) in [6.45, 7) is 0.592. The summed E-state index contributed by atoms with van der Waals surface area (Å²) in [4.78, 5) is 22.5. The number of rotatable bonds is 6. The number of aromatic nitrogens is 2. The van der Waals surface area contributed by atoms with Crippen molar-refractivity contribution >= 4 is 21.6 Å². The summed E-state index contributed by atoms with van der Waals surface area (Å²) in [7, 11) is -1.19. The number of nitrogens with zero attached hydrogens (tertiary/aromatic N) is 3. The smallest absolute Gasteiger partial charge is 0.253 e. The normalized spacial score (nSPS) is 18.4. The Labute approximate surface area is 153 Å². The second-order valence-electron chi connectivity index (χ2n) is 6.51. The molecule has 1 aliphatic heterocycles. The molecule has 1 atom stereocenters. The molecule has 0 saturated carbocycles. The van der Waals surface area contributed by atoms with E-state index in [1.165, 1.54) is 0 Å². The van der Waals surface area contributed by atoms with E-state index in [9.17, 15) is 13.2 Å². The van der Waals surface area contributed by atoms with Gasteiger partial charge in [0.1, 0.15) is 5.82 Å². The summed E-state index contributed by atoms with van der Waals surface area (Å²) in [5.74, 6) is 0.740. The van der Waals surface area contributed by atoms with Gasteiger partial charge in [-0.05, 0) is 42.7 Å². The SMILES string of the molecule is CN(CCc1ccncc1)C(=O)c1ccnc(NC2CCS(=O)(=O)C2)c1. The van der Waals surface area contributed by atoms with E-state index < -0.39 is 9.84 Å². The average molecular weight is 374 g/mol. The first kappa shape index (κ1) is 18.3. The minimum absolute atomic E-state index is 0.0939. The van der Waals surface area contributed by atoms with Crippen LogP contribution in [0.2, 0.25) is 0 Å². The van der Waals surface area contributed by atoms with Gasteiger partial charge in [0, 0.05) is 43.8 Å². The van der Waals surface area contributed by atoms with Crippen LogP contribution in [-0.4, -0.2) is 60.3 Å². The molecule has 8 heteroatoms. The van der Waals surface area contributed by atoms with Gasteiger partial charge in [0.15, 0.2) is 9.84 Å². The molecular formula is C18H22N4O3S. The van der Waals surface area contributed by atoms with E-state index in [0.29, 0.717) is 24.3 Å². The number of anilines is 1. The average Bonchev–Trinajstić information content (AvgIpc) is 2.98. The summed E-state index contributed by atoms with van der Waals surface area (Å²) in [5.41, 5.74) is 1.65. The highest BCUT2D eigenvalue weighted by Gasteiger charge is 2.28. The molecular weight excluding hydrogens is 352 g/mol. The topological polar surface area (TPSA) is 92.3 Å². The number of hydrogen-bond donors (Lipinski definition) is 1. The molecule has 0 bridgehead atoms. The van der Waals surface area contributed by atoms with Crippen molar-refractivity contribution in [3.05, 3.63) is 54.0 Å². The van der Waals surface area contributed by atoms with Crippen molar-refractivity contribution in [3.63, 3.8) is 0 Å². The maximum absolute atomic E-state index is 12.6. The van der Waals surface area contributed by atoms with Gasteiger partial charge in [-0.1, -0.05) is 0 Å². The standard InChI is InChI=1S/C18H22N4O3S/c1-22(10-5-14-2-7-19-8-3-14)18(23)15-4-9-20-17(12-15)21-16-6-11-26(24,25)13-16/h2-4,7-9,12,16H,5-6,10-11,13H2,1H3,(H,20,21). The highest BCUT2D eigenvalue weighted by atomic mass is 32.2. The lowest BCUT2D eigenvalue weighted by Gasteiger charge is -2.18. The zero-order chi connectivity index (χ0) is 18.6. The lowest BCUT2D eigenvalue weighted by atomic mass is 10.1. The Morgan fingerprint density at radius 1 is 1.27 bits per heavy atom. The molecule has 1 aliphatic rings. The first-order valence-corrected chi connectivity index (χ1v) is 10.3. The molecule has 1 amide bonds. The van der Waals surface area contributed by atoms with Crippen LogP contribution in [0.15, 0.2) is 42.9 Å². The van der Waals surface area contributed by atoms with Gasteiger partial charge in [0.25, 0.3) is 5.91 Å². The van der Waals surface area contributed by atoms with Gasteiger partial charge in [0.2, 0.25) is 0 Å². The molecule has 1 unspecified atom stereocenters. The van der Waals surface area contributed by atoms with E-state index in [-0.39, 0.29) is 23.5 Å². The molecule has 3 rings (SSSR count). The minimum Gasteiger partial charge on any atom is -0.366 e. The monoisotopic (exact) mass is 374 g/mol. The van der Waals surface area contributed by atoms with E-state index in [1.807, 2.05) is 12.1 Å². The third kappa shape index (κ3) is 4.78. The number of sulfone groups is 1. The Balaban J connectivity index is 1.60. The Bertz CT molecular complexity index is 871. The first-order chi connectivity index (χ1) is 12.4. The van der Waals surface area contributed by atoms with Gasteiger partial charge >= 0.3 is 0 Å². The van der Waals surface area contributed by atoms with E-state index >= 15 is 0 Å². The van der Waals surface area contributed by atoms with Crippen molar-refractivity contribution in [1.82, 2.24) is 14.9 Å². The second kappa shape index (κ2) is 7.82. The fourth-order valence-corrected chi connectivity index (χ4v) is 4.60. The van der Waals surface area contributed by atoms with Gasteiger partial charge in [-0.15, -0.1) is 0 Å². The number of carbonyl (C=O) groups excluding carboxylic acids is 1. The number of carbonyl (C=O) groups is 1. The fraction of sp³-hybridized carbons (Fsp3) is 0.389. The molecule has 0 aromatic carbocycles. The van der Waals surface area contributed by atoms with Gasteiger partial charge in [-0.2, -0.15) is 0 Å². The van der Waals surface area contributed by atoms with Crippen LogP contribution in [0.1, 0.15) is 22.3 Å². The number of nitrogens with one attached hydrogen (secondary N) is 1. The van der Waals surface area contributed by atoms with Gasteiger partial charge in [-0.25, -0.2) is 13.4 Å². The molecule has 0 radical (unpaired) electrons. The summed E-state index contributed by atoms with van der Waals surface area (Å²) < 4.78 is 23.1. The molecule has 26 heavy (non-hydrogen) atoms. The molecule has 0 aliphatic carbocycles. The molecule has 2 aromatic rings. The fourth-order valence-electron chi connectivity index (χ4n) is 2.93. The Morgan fingerprint density at radius 2 is 2.04 bits per heavy atom. The summed E-state index contributed by atoms with van der Waals surface area (Å²) in [6, 6.07) is 7.06. The highest BCUT2D eigenvalue weighted by Crippen LogP contribution is 2.17. The van der Waals surface area contributed by atoms with Crippen molar-refractivity contribution in [1.29, 1.82) is 0 Å². The van der Waals surface area contributed by atoms with Crippen LogP contribution in [0.5, 0.6) is 0 Å². The number of hydrogen-bond acceptors (Lipinski definition) is 6. The van der Waals surface area contributed by atoms with Crippen LogP contribution < -0.4 is 5.32 Å². The van der Waals surface area contributed by atoms with Gasteiger partial charge in [0.05, 0.1) is 11.5 Å². The molecule has 2 aromatic heterocycles. The molecule has 0 spiro atoms. The maximum Gasteiger partial charge on any atom is 0.253 e. The Morgan fingerprint density at radius 3 is 2.73 bits per heavy atom. The maximum atomic E-state index is 12.6. The molecule has 1 N–H and O–H groups in total. The van der Waals surface area contributed by atoms with E-state index in [2.05, 4.69) is 15.3 Å². The largest absolute Gasteiger partial charge is 0.366 e. The second-order valence-corrected chi connectivity index (χ2v) is 8.73. The first-order valence-electron chi connectivity index (χ1n) is 8.50. The van der Waals surface area contributed by atoms with Crippen LogP contribution >= 0.6 is 0 Å². The number of amides is 1. The Hall–Kier alpha value is -2.48. The number of likely N-dealkylation sites (N-methyl/N-ethyl adjacent to an activating group) is 1. The van der Waals surface area contributed by atoms with Crippen molar-refractivity contribution in [3.8, 4) is 0 Å². The highest BCUT2D eigenvalue weighted by molar-refractivity contribution is 7.91. The van der Waals surface area contributed by atoms with Crippen molar-refractivity contribution < 1.29 is 13.2 Å². The van der Waals surface area contributed by atoms with E-state index in [1.54, 1.807) is 42.7 Å². The predicted octanol–water partition coefficient (Wildman–Crippen LogP) is 1.39. The van der Waals surface area contributed by atoms with Crippen LogP contribution in [0, 0.1) is 0 Å². The number of pyridine rings is 2. The summed E-state index contributed by atoms with van der Waals surface area (Å²) in [6.07, 6.45) is 6.35. The zero-order valence-electron chi connectivity index (χ0n) is 14.6. The van der Waals surface area contributed by atoms with Crippen LogP contribution in [0.3, 0.4) is 0 Å². The quantitative estimate of drug-likeness (QED) is 0.821. The van der Waals surface area contributed by atoms with Crippen LogP contribution in [-0.2, 0) is 16.3 Å². The van der Waals surface area contributed by atoms with Crippen molar-refractivity contribution in [2.45, 2.75) is 18.9 Å².